The molecule has 9 nitrogen and oxygen atoms in total. The fourth-order valence-corrected chi connectivity index (χ4v) is 4.26. The van der Waals surface area contributed by atoms with E-state index in [1.807, 2.05) is 4.57 Å². The van der Waals surface area contributed by atoms with Crippen molar-refractivity contribution in [3.8, 4) is 0 Å². The van der Waals surface area contributed by atoms with Gasteiger partial charge >= 0.3 is 0 Å². The third kappa shape index (κ3) is 4.94. The molecule has 0 unspecified atom stereocenters. The first-order chi connectivity index (χ1) is 15.3. The number of nitrogens with two attached hydrogens (primary N) is 1. The summed E-state index contributed by atoms with van der Waals surface area (Å²) >= 11 is 6.27. The number of carbonyl (C=O) groups is 1. The lowest BCUT2D eigenvalue weighted by Gasteiger charge is -2.29. The Kier molecular flexibility index (Phi) is 6.48. The number of hydrogen-bond donors (Lipinski definition) is 4. The fraction of sp³-hybridized carbons (Fsp3) is 0.455. The van der Waals surface area contributed by atoms with E-state index in [0.717, 1.165) is 31.3 Å². The van der Waals surface area contributed by atoms with Crippen LogP contribution in [-0.4, -0.2) is 37.5 Å². The lowest BCUT2D eigenvalue weighted by molar-refractivity contribution is -0.114. The first-order valence-corrected chi connectivity index (χ1v) is 11.3. The maximum absolute atomic E-state index is 11.5. The molecule has 1 saturated carbocycles. The minimum atomic E-state index is -0.173. The zero-order valence-corrected chi connectivity index (χ0v) is 19.3. The Morgan fingerprint density at radius 3 is 2.66 bits per heavy atom. The van der Waals surface area contributed by atoms with Gasteiger partial charge in [-0.05, 0) is 44.9 Å². The maximum Gasteiger partial charge on any atom is 0.227 e. The molecule has 1 amide bonds. The summed E-state index contributed by atoms with van der Waals surface area (Å²) in [5.74, 6) is 0.889. The minimum Gasteiger partial charge on any atom is -0.350 e. The second-order valence-corrected chi connectivity index (χ2v) is 8.98. The molecule has 1 aromatic carbocycles. The predicted octanol–water partition coefficient (Wildman–Crippen LogP) is 4.44. The van der Waals surface area contributed by atoms with Crippen molar-refractivity contribution >= 4 is 51.8 Å². The molecule has 0 bridgehead atoms. The lowest BCUT2D eigenvalue weighted by atomic mass is 9.91. The molecule has 0 radical (unpaired) electrons. The summed E-state index contributed by atoms with van der Waals surface area (Å²) in [5, 5.41) is 10.00. The summed E-state index contributed by atoms with van der Waals surface area (Å²) in [6.07, 6.45) is 6.03. The highest BCUT2D eigenvalue weighted by molar-refractivity contribution is 6.31. The van der Waals surface area contributed by atoms with Crippen LogP contribution in [0.25, 0.3) is 11.2 Å². The Morgan fingerprint density at radius 2 is 1.94 bits per heavy atom. The van der Waals surface area contributed by atoms with Crippen LogP contribution in [0.3, 0.4) is 0 Å². The molecule has 3 aromatic rings. The Labute approximate surface area is 192 Å². The Morgan fingerprint density at radius 1 is 1.19 bits per heavy atom. The first kappa shape index (κ1) is 22.3. The van der Waals surface area contributed by atoms with Gasteiger partial charge in [0, 0.05) is 41.4 Å². The van der Waals surface area contributed by atoms with Crippen LogP contribution in [0.1, 0.15) is 52.5 Å². The predicted molar refractivity (Wildman–Crippen MR) is 129 cm³/mol. The molecule has 32 heavy (non-hydrogen) atoms. The van der Waals surface area contributed by atoms with Gasteiger partial charge in [0.25, 0.3) is 0 Å². The second kappa shape index (κ2) is 9.30. The summed E-state index contributed by atoms with van der Waals surface area (Å²) in [6, 6.07) is 5.64. The molecule has 1 fully saturated rings. The normalized spacial score (nSPS) is 18.7. The van der Waals surface area contributed by atoms with Crippen molar-refractivity contribution in [2.45, 2.75) is 64.6 Å². The van der Waals surface area contributed by atoms with Gasteiger partial charge in [-0.15, -0.1) is 0 Å². The molecule has 2 heterocycles. The van der Waals surface area contributed by atoms with E-state index in [9.17, 15) is 4.79 Å². The molecule has 0 saturated heterocycles. The number of anilines is 4. The number of fused-ring (bicyclic) bond motifs is 1. The zero-order chi connectivity index (χ0) is 22.8. The van der Waals surface area contributed by atoms with Crippen molar-refractivity contribution in [1.29, 1.82) is 0 Å². The summed E-state index contributed by atoms with van der Waals surface area (Å²) in [6.45, 7) is 5.61. The SMILES string of the molecule is CC(=O)Nc1cc(Cl)cc(Nc2nc(N[C@@H]3CCCC[C@@H]3N)nc3c2ncn3C(C)C)c1. The van der Waals surface area contributed by atoms with Crippen molar-refractivity contribution in [2.75, 3.05) is 16.0 Å². The number of rotatable bonds is 6. The topological polar surface area (TPSA) is 123 Å². The smallest absolute Gasteiger partial charge is 0.227 e. The number of halogens is 1. The van der Waals surface area contributed by atoms with Crippen molar-refractivity contribution in [3.05, 3.63) is 29.5 Å². The molecule has 1 aliphatic carbocycles. The summed E-state index contributed by atoms with van der Waals surface area (Å²) in [4.78, 5) is 25.5. The average molecular weight is 457 g/mol. The van der Waals surface area contributed by atoms with Crippen LogP contribution in [0, 0.1) is 0 Å². The Balaban J connectivity index is 1.73. The summed E-state index contributed by atoms with van der Waals surface area (Å²) in [7, 11) is 0. The van der Waals surface area contributed by atoms with Gasteiger partial charge < -0.3 is 26.3 Å². The van der Waals surface area contributed by atoms with E-state index in [0.29, 0.717) is 33.7 Å². The molecule has 0 aliphatic heterocycles. The van der Waals surface area contributed by atoms with Crippen molar-refractivity contribution < 1.29 is 4.79 Å². The third-order valence-electron chi connectivity index (χ3n) is 5.59. The number of nitrogens with one attached hydrogen (secondary N) is 3. The summed E-state index contributed by atoms with van der Waals surface area (Å²) < 4.78 is 2.01. The van der Waals surface area contributed by atoms with Crippen molar-refractivity contribution in [3.63, 3.8) is 0 Å². The number of imidazole rings is 1. The van der Waals surface area contributed by atoms with Crippen LogP contribution in [-0.2, 0) is 4.79 Å². The minimum absolute atomic E-state index is 0.0719. The van der Waals surface area contributed by atoms with E-state index in [-0.39, 0.29) is 24.0 Å². The molecule has 2 aromatic heterocycles. The maximum atomic E-state index is 11.5. The number of nitrogens with zero attached hydrogens (tertiary/aromatic N) is 4. The lowest BCUT2D eigenvalue weighted by Crippen LogP contribution is -2.43. The fourth-order valence-electron chi connectivity index (χ4n) is 4.02. The Hall–Kier alpha value is -2.91. The van der Waals surface area contributed by atoms with E-state index in [1.54, 1.807) is 24.5 Å². The highest BCUT2D eigenvalue weighted by Crippen LogP contribution is 2.30. The molecular formula is C22H29ClN8O. The van der Waals surface area contributed by atoms with Crippen LogP contribution in [0.5, 0.6) is 0 Å². The zero-order valence-electron chi connectivity index (χ0n) is 18.5. The quantitative estimate of drug-likeness (QED) is 0.432. The first-order valence-electron chi connectivity index (χ1n) is 10.9. The highest BCUT2D eigenvalue weighted by Gasteiger charge is 2.24. The highest BCUT2D eigenvalue weighted by atomic mass is 35.5. The van der Waals surface area contributed by atoms with Crippen molar-refractivity contribution in [2.24, 2.45) is 5.73 Å². The molecule has 4 rings (SSSR count). The van der Waals surface area contributed by atoms with Crippen LogP contribution < -0.4 is 21.7 Å². The van der Waals surface area contributed by atoms with Gasteiger partial charge in [-0.25, -0.2) is 4.98 Å². The van der Waals surface area contributed by atoms with Gasteiger partial charge in [-0.1, -0.05) is 24.4 Å². The number of carbonyl (C=O) groups excluding carboxylic acids is 1. The molecule has 0 spiro atoms. The monoisotopic (exact) mass is 456 g/mol. The van der Waals surface area contributed by atoms with Gasteiger partial charge in [0.2, 0.25) is 11.9 Å². The van der Waals surface area contributed by atoms with E-state index >= 15 is 0 Å². The second-order valence-electron chi connectivity index (χ2n) is 8.55. The molecule has 170 valence electrons. The van der Waals surface area contributed by atoms with Gasteiger partial charge in [0.05, 0.1) is 6.33 Å². The largest absolute Gasteiger partial charge is 0.350 e. The van der Waals surface area contributed by atoms with Gasteiger partial charge in [-0.3, -0.25) is 4.79 Å². The van der Waals surface area contributed by atoms with E-state index in [4.69, 9.17) is 27.3 Å². The summed E-state index contributed by atoms with van der Waals surface area (Å²) in [5.41, 5.74) is 8.99. The van der Waals surface area contributed by atoms with E-state index in [2.05, 4.69) is 34.8 Å². The molecule has 1 aliphatic rings. The van der Waals surface area contributed by atoms with Crippen LogP contribution in [0.15, 0.2) is 24.5 Å². The molecule has 2 atom stereocenters. The van der Waals surface area contributed by atoms with E-state index in [1.165, 1.54) is 6.92 Å². The van der Waals surface area contributed by atoms with E-state index < -0.39 is 0 Å². The van der Waals surface area contributed by atoms with Crippen molar-refractivity contribution in [1.82, 2.24) is 19.5 Å². The molecular weight excluding hydrogens is 428 g/mol. The third-order valence-corrected chi connectivity index (χ3v) is 5.81. The molecule has 10 heteroatoms. The standard InChI is InChI=1S/C22H29ClN8O/c1-12(2)31-11-25-19-20(27-16-9-14(23)8-15(10-16)26-13(3)32)29-22(30-21(19)31)28-18-7-5-4-6-17(18)24/h8-12,17-18H,4-7,24H2,1-3H3,(H,26,32)(H2,27,28,29,30)/t17-,18+/m0/s1. The van der Waals surface area contributed by atoms with Gasteiger partial charge in [0.15, 0.2) is 17.0 Å². The number of hydrogen-bond acceptors (Lipinski definition) is 7. The number of benzene rings is 1. The number of aromatic nitrogens is 4. The number of amides is 1. The van der Waals surface area contributed by atoms with Crippen LogP contribution in [0.4, 0.5) is 23.1 Å². The average Bonchev–Trinajstić information content (AvgIpc) is 3.13. The van der Waals surface area contributed by atoms with Crippen LogP contribution >= 0.6 is 11.6 Å². The van der Waals surface area contributed by atoms with Gasteiger partial charge in [0.1, 0.15) is 0 Å². The van der Waals surface area contributed by atoms with Crippen LogP contribution in [0.2, 0.25) is 5.02 Å². The molecule has 5 N–H and O–H groups in total. The van der Waals surface area contributed by atoms with Gasteiger partial charge in [-0.2, -0.15) is 9.97 Å². The Bertz CT molecular complexity index is 1130.